The van der Waals surface area contributed by atoms with Gasteiger partial charge in [-0.25, -0.2) is 13.2 Å². The molecule has 0 amide bonds. The van der Waals surface area contributed by atoms with Crippen molar-refractivity contribution in [3.63, 3.8) is 0 Å². The molecule has 0 spiro atoms. The maximum atomic E-state index is 14.7. The molecule has 2 aliphatic heterocycles. The zero-order valence-corrected chi connectivity index (χ0v) is 17.3. The lowest BCUT2D eigenvalue weighted by Gasteiger charge is -2.32. The Morgan fingerprint density at radius 3 is 2.41 bits per heavy atom. The molecule has 0 bridgehead atoms. The minimum Gasteiger partial charge on any atom is -0.378 e. The molecule has 0 aliphatic carbocycles. The van der Waals surface area contributed by atoms with Gasteiger partial charge in [-0.05, 0) is 37.3 Å². The molecule has 2 saturated heterocycles. The molecule has 3 nitrogen and oxygen atoms in total. The fourth-order valence-electron chi connectivity index (χ4n) is 4.06. The number of benzene rings is 1. The van der Waals surface area contributed by atoms with Gasteiger partial charge >= 0.3 is 0 Å². The Bertz CT molecular complexity index is 691. The van der Waals surface area contributed by atoms with Crippen molar-refractivity contribution >= 4 is 6.08 Å². The van der Waals surface area contributed by atoms with Crippen LogP contribution in [-0.4, -0.2) is 37.9 Å². The van der Waals surface area contributed by atoms with Crippen LogP contribution in [0, 0.1) is 11.6 Å². The van der Waals surface area contributed by atoms with Crippen LogP contribution < -0.4 is 0 Å². The second-order valence-electron chi connectivity index (χ2n) is 8.14. The highest BCUT2D eigenvalue weighted by Gasteiger charge is 2.35. The van der Waals surface area contributed by atoms with E-state index in [0.717, 1.165) is 25.7 Å². The van der Waals surface area contributed by atoms with Gasteiger partial charge in [0.25, 0.3) is 0 Å². The first kappa shape index (κ1) is 22.3. The van der Waals surface area contributed by atoms with Crippen LogP contribution in [0.4, 0.5) is 13.2 Å². The van der Waals surface area contributed by atoms with E-state index in [1.807, 2.05) is 6.92 Å². The SMILES string of the molecule is CCCC1CCC(c2ccc(C=CC3OCC(F)(CCC)CO3)c(F)c2F)CO1. The Morgan fingerprint density at radius 2 is 1.79 bits per heavy atom. The lowest BCUT2D eigenvalue weighted by Crippen LogP contribution is -2.43. The zero-order valence-electron chi connectivity index (χ0n) is 17.3. The van der Waals surface area contributed by atoms with Crippen molar-refractivity contribution in [3.8, 4) is 0 Å². The summed E-state index contributed by atoms with van der Waals surface area (Å²) in [4.78, 5) is 0. The summed E-state index contributed by atoms with van der Waals surface area (Å²) in [5, 5.41) is 0. The topological polar surface area (TPSA) is 27.7 Å². The van der Waals surface area contributed by atoms with Gasteiger partial charge in [-0.15, -0.1) is 0 Å². The van der Waals surface area contributed by atoms with Gasteiger partial charge < -0.3 is 14.2 Å². The van der Waals surface area contributed by atoms with Crippen molar-refractivity contribution in [2.24, 2.45) is 0 Å². The van der Waals surface area contributed by atoms with Gasteiger partial charge in [0.1, 0.15) is 0 Å². The highest BCUT2D eigenvalue weighted by molar-refractivity contribution is 5.52. The van der Waals surface area contributed by atoms with E-state index in [4.69, 9.17) is 14.2 Å². The van der Waals surface area contributed by atoms with Crippen LogP contribution in [0.1, 0.15) is 69.4 Å². The highest BCUT2D eigenvalue weighted by atomic mass is 19.2. The van der Waals surface area contributed by atoms with E-state index in [2.05, 4.69) is 6.92 Å². The van der Waals surface area contributed by atoms with Crippen molar-refractivity contribution in [1.29, 1.82) is 0 Å². The highest BCUT2D eigenvalue weighted by Crippen LogP contribution is 2.33. The van der Waals surface area contributed by atoms with E-state index in [0.29, 0.717) is 25.0 Å². The Hall–Kier alpha value is -1.37. The van der Waals surface area contributed by atoms with Crippen molar-refractivity contribution in [3.05, 3.63) is 41.0 Å². The third-order valence-electron chi connectivity index (χ3n) is 5.71. The monoisotopic (exact) mass is 412 g/mol. The summed E-state index contributed by atoms with van der Waals surface area (Å²) in [6, 6.07) is 3.18. The summed E-state index contributed by atoms with van der Waals surface area (Å²) in [5.41, 5.74) is -0.998. The second-order valence-corrected chi connectivity index (χ2v) is 8.14. The summed E-state index contributed by atoms with van der Waals surface area (Å²) in [5.74, 6) is -1.85. The van der Waals surface area contributed by atoms with Crippen molar-refractivity contribution in [2.45, 2.75) is 76.4 Å². The molecule has 0 N–H and O–H groups in total. The minimum absolute atomic E-state index is 0.0632. The molecule has 2 aliphatic rings. The first-order chi connectivity index (χ1) is 14.0. The predicted molar refractivity (Wildman–Crippen MR) is 106 cm³/mol. The van der Waals surface area contributed by atoms with E-state index < -0.39 is 23.6 Å². The van der Waals surface area contributed by atoms with Crippen LogP contribution in [0.3, 0.4) is 0 Å². The van der Waals surface area contributed by atoms with Crippen molar-refractivity contribution < 1.29 is 27.4 Å². The Kier molecular flexibility index (Phi) is 7.77. The summed E-state index contributed by atoms with van der Waals surface area (Å²) >= 11 is 0. The molecule has 3 rings (SSSR count). The third-order valence-corrected chi connectivity index (χ3v) is 5.71. The maximum absolute atomic E-state index is 14.7. The number of hydrogen-bond acceptors (Lipinski definition) is 3. The van der Waals surface area contributed by atoms with Crippen LogP contribution in [-0.2, 0) is 14.2 Å². The van der Waals surface area contributed by atoms with Gasteiger partial charge in [0.15, 0.2) is 23.6 Å². The van der Waals surface area contributed by atoms with Crippen LogP contribution in [0.25, 0.3) is 6.08 Å². The van der Waals surface area contributed by atoms with Gasteiger partial charge in [0.05, 0.1) is 25.9 Å². The summed E-state index contributed by atoms with van der Waals surface area (Å²) in [6.45, 7) is 4.30. The summed E-state index contributed by atoms with van der Waals surface area (Å²) < 4.78 is 60.1. The van der Waals surface area contributed by atoms with Crippen LogP contribution >= 0.6 is 0 Å². The van der Waals surface area contributed by atoms with Gasteiger partial charge in [-0.2, -0.15) is 0 Å². The molecule has 2 fully saturated rings. The van der Waals surface area contributed by atoms with E-state index in [9.17, 15) is 13.2 Å². The number of rotatable bonds is 7. The fraction of sp³-hybridized carbons (Fsp3) is 0.652. The smallest absolute Gasteiger partial charge is 0.177 e. The van der Waals surface area contributed by atoms with Gasteiger partial charge in [0, 0.05) is 11.5 Å². The predicted octanol–water partition coefficient (Wildman–Crippen LogP) is 5.92. The molecule has 29 heavy (non-hydrogen) atoms. The molecule has 0 saturated carbocycles. The van der Waals surface area contributed by atoms with Crippen molar-refractivity contribution in [2.75, 3.05) is 19.8 Å². The molecule has 2 unspecified atom stereocenters. The largest absolute Gasteiger partial charge is 0.378 e. The van der Waals surface area contributed by atoms with E-state index >= 15 is 0 Å². The number of alkyl halides is 1. The molecule has 6 heteroatoms. The quantitative estimate of drug-likeness (QED) is 0.556. The van der Waals surface area contributed by atoms with E-state index in [-0.39, 0.29) is 30.8 Å². The second kappa shape index (κ2) is 10.1. The molecule has 1 aromatic carbocycles. The lowest BCUT2D eigenvalue weighted by atomic mass is 9.89. The normalized spacial score (nSPS) is 30.7. The Labute approximate surface area is 171 Å². The zero-order chi connectivity index (χ0) is 20.9. The van der Waals surface area contributed by atoms with E-state index in [1.165, 1.54) is 12.2 Å². The summed E-state index contributed by atoms with van der Waals surface area (Å²) in [7, 11) is 0. The maximum Gasteiger partial charge on any atom is 0.177 e. The fourth-order valence-corrected chi connectivity index (χ4v) is 4.06. The van der Waals surface area contributed by atoms with Gasteiger partial charge in [-0.3, -0.25) is 0 Å². The van der Waals surface area contributed by atoms with Gasteiger partial charge in [0.2, 0.25) is 0 Å². The molecule has 162 valence electrons. The van der Waals surface area contributed by atoms with Crippen LogP contribution in [0.15, 0.2) is 18.2 Å². The van der Waals surface area contributed by atoms with Crippen LogP contribution in [0.5, 0.6) is 0 Å². The average Bonchev–Trinajstić information content (AvgIpc) is 2.72. The molecular weight excluding hydrogens is 381 g/mol. The molecule has 2 heterocycles. The number of hydrogen-bond donors (Lipinski definition) is 0. The standard InChI is InChI=1S/C23H31F3O3/c1-3-5-18-9-6-17(13-27-18)19-10-7-16(21(24)22(19)25)8-11-20-28-14-23(26,12-4-2)15-29-20/h7-8,10-11,17-18,20H,3-6,9,12-15H2,1-2H3. The number of ether oxygens (including phenoxy) is 3. The lowest BCUT2D eigenvalue weighted by molar-refractivity contribution is -0.212. The third kappa shape index (κ3) is 5.62. The molecule has 1 aromatic rings. The molecule has 0 aromatic heterocycles. The Balaban J connectivity index is 1.61. The van der Waals surface area contributed by atoms with Crippen LogP contribution in [0.2, 0.25) is 0 Å². The Morgan fingerprint density at radius 1 is 1.03 bits per heavy atom. The van der Waals surface area contributed by atoms with Crippen molar-refractivity contribution in [1.82, 2.24) is 0 Å². The first-order valence-electron chi connectivity index (χ1n) is 10.7. The molecule has 2 atom stereocenters. The average molecular weight is 412 g/mol. The number of halogens is 3. The van der Waals surface area contributed by atoms with E-state index in [1.54, 1.807) is 12.1 Å². The first-order valence-corrected chi connectivity index (χ1v) is 10.7. The molecular formula is C23H31F3O3. The van der Waals surface area contributed by atoms with Gasteiger partial charge in [-0.1, -0.05) is 44.9 Å². The summed E-state index contributed by atoms with van der Waals surface area (Å²) in [6.07, 6.45) is 7.16. The minimum atomic E-state index is -1.48. The molecule has 0 radical (unpaired) electrons.